The zero-order valence-electron chi connectivity index (χ0n) is 20.1. The first-order chi connectivity index (χ1) is 16.5. The number of hydrogen-bond donors (Lipinski definition) is 0. The van der Waals surface area contributed by atoms with Gasteiger partial charge in [-0.05, 0) is 36.0 Å². The van der Waals surface area contributed by atoms with Crippen LogP contribution in [0.2, 0.25) is 0 Å². The Morgan fingerprint density at radius 1 is 1.06 bits per heavy atom. The summed E-state index contributed by atoms with van der Waals surface area (Å²) in [7, 11) is 0. The molecule has 1 aliphatic heterocycles. The molecule has 5 nitrogen and oxygen atoms in total. The van der Waals surface area contributed by atoms with Gasteiger partial charge < -0.3 is 4.90 Å². The number of hydrogen-bond acceptors (Lipinski definition) is 3. The summed E-state index contributed by atoms with van der Waals surface area (Å²) in [5, 5.41) is 0. The van der Waals surface area contributed by atoms with E-state index >= 15 is 0 Å². The first-order valence-corrected chi connectivity index (χ1v) is 12.1. The van der Waals surface area contributed by atoms with Crippen molar-refractivity contribution in [2.45, 2.75) is 52.1 Å². The van der Waals surface area contributed by atoms with Gasteiger partial charge in [-0.1, -0.05) is 87.5 Å². The van der Waals surface area contributed by atoms with Crippen LogP contribution in [0.1, 0.15) is 67.4 Å². The van der Waals surface area contributed by atoms with Crippen LogP contribution in [-0.4, -0.2) is 26.9 Å². The quantitative estimate of drug-likeness (QED) is 0.467. The Balaban J connectivity index is 1.72. The highest BCUT2D eigenvalue weighted by Gasteiger charge is 2.28. The Labute approximate surface area is 201 Å². The molecule has 34 heavy (non-hydrogen) atoms. The summed E-state index contributed by atoms with van der Waals surface area (Å²) in [4.78, 5) is 33.3. The molecule has 5 heteroatoms. The van der Waals surface area contributed by atoms with E-state index in [0.29, 0.717) is 48.9 Å². The average Bonchev–Trinajstić information content (AvgIpc) is 2.86. The van der Waals surface area contributed by atoms with Gasteiger partial charge >= 0.3 is 0 Å². The molecule has 2 heterocycles. The first kappa shape index (κ1) is 23.7. The number of carbonyl (C=O) groups is 1. The number of aromatic nitrogens is 2. The van der Waals surface area contributed by atoms with E-state index in [2.05, 4.69) is 20.4 Å². The van der Waals surface area contributed by atoms with Crippen molar-refractivity contribution in [3.05, 3.63) is 106 Å². The lowest BCUT2D eigenvalue weighted by Gasteiger charge is -2.30. The Morgan fingerprint density at radius 3 is 2.24 bits per heavy atom. The Hall–Kier alpha value is -3.47. The van der Waals surface area contributed by atoms with Crippen molar-refractivity contribution in [3.8, 4) is 0 Å². The topological polar surface area (TPSA) is 55.2 Å². The molecule has 1 aromatic heterocycles. The normalized spacial score (nSPS) is 13.2. The summed E-state index contributed by atoms with van der Waals surface area (Å²) in [5.74, 6) is 1.26. The number of fused-ring (bicyclic) bond motifs is 1. The minimum Gasteiger partial charge on any atom is -0.336 e. The predicted molar refractivity (Wildman–Crippen MR) is 137 cm³/mol. The summed E-state index contributed by atoms with van der Waals surface area (Å²) in [5.41, 5.74) is 3.37. The second-order valence-corrected chi connectivity index (χ2v) is 9.35. The highest BCUT2D eigenvalue weighted by atomic mass is 16.2. The van der Waals surface area contributed by atoms with Gasteiger partial charge in [0.1, 0.15) is 5.82 Å². The third kappa shape index (κ3) is 5.04. The summed E-state index contributed by atoms with van der Waals surface area (Å²) in [6, 6.07) is 19.7. The summed E-state index contributed by atoms with van der Waals surface area (Å²) >= 11 is 0. The lowest BCUT2D eigenvalue weighted by Crippen LogP contribution is -2.42. The van der Waals surface area contributed by atoms with E-state index in [1.165, 1.54) is 0 Å². The van der Waals surface area contributed by atoms with Gasteiger partial charge in [-0.2, -0.15) is 0 Å². The molecule has 0 fully saturated rings. The summed E-state index contributed by atoms with van der Waals surface area (Å²) < 4.78 is 1.76. The van der Waals surface area contributed by atoms with Gasteiger partial charge in [-0.15, -0.1) is 0 Å². The van der Waals surface area contributed by atoms with E-state index < -0.39 is 0 Å². The van der Waals surface area contributed by atoms with E-state index in [9.17, 15) is 9.59 Å². The Kier molecular flexibility index (Phi) is 7.41. The maximum absolute atomic E-state index is 13.9. The molecule has 1 amide bonds. The molecule has 0 radical (unpaired) electrons. The van der Waals surface area contributed by atoms with Crippen LogP contribution < -0.4 is 5.56 Å². The molecule has 0 spiro atoms. The average molecular weight is 456 g/mol. The van der Waals surface area contributed by atoms with Crippen LogP contribution in [0.15, 0.2) is 72.0 Å². The van der Waals surface area contributed by atoms with Gasteiger partial charge in [0.25, 0.3) is 5.56 Å². The largest absolute Gasteiger partial charge is 0.336 e. The molecular formula is C29H33N3O2. The molecule has 0 saturated carbocycles. The molecule has 0 saturated heterocycles. The zero-order valence-corrected chi connectivity index (χ0v) is 20.1. The van der Waals surface area contributed by atoms with Gasteiger partial charge in [0.2, 0.25) is 5.91 Å². The maximum atomic E-state index is 13.9. The van der Waals surface area contributed by atoms with Crippen LogP contribution in [0.5, 0.6) is 0 Å². The molecule has 3 aromatic rings. The van der Waals surface area contributed by atoms with Gasteiger partial charge in [-0.25, -0.2) is 4.98 Å². The second-order valence-electron chi connectivity index (χ2n) is 9.35. The fourth-order valence-electron chi connectivity index (χ4n) is 4.71. The van der Waals surface area contributed by atoms with Crippen LogP contribution in [-0.2, 0) is 17.8 Å². The fraction of sp³-hybridized carbons (Fsp3) is 0.345. The highest BCUT2D eigenvalue weighted by molar-refractivity contribution is 5.76. The Morgan fingerprint density at radius 2 is 1.68 bits per heavy atom. The molecule has 0 unspecified atom stereocenters. The molecule has 176 valence electrons. The molecule has 0 N–H and O–H groups in total. The number of amides is 1. The van der Waals surface area contributed by atoms with Crippen molar-refractivity contribution in [1.82, 2.24) is 14.5 Å². The van der Waals surface area contributed by atoms with Gasteiger partial charge in [-0.3, -0.25) is 14.2 Å². The monoisotopic (exact) mass is 455 g/mol. The van der Waals surface area contributed by atoms with E-state index in [-0.39, 0.29) is 17.5 Å². The number of carbonyl (C=O) groups excluding carboxylic acids is 1. The van der Waals surface area contributed by atoms with Crippen molar-refractivity contribution < 1.29 is 4.79 Å². The fourth-order valence-corrected chi connectivity index (χ4v) is 4.71. The van der Waals surface area contributed by atoms with Gasteiger partial charge in [0.15, 0.2) is 0 Å². The maximum Gasteiger partial charge on any atom is 0.258 e. The number of benzene rings is 2. The van der Waals surface area contributed by atoms with E-state index in [1.54, 1.807) is 10.6 Å². The molecular weight excluding hydrogens is 422 g/mol. The molecule has 0 bridgehead atoms. The zero-order chi connectivity index (χ0) is 24.1. The van der Waals surface area contributed by atoms with Gasteiger partial charge in [0, 0.05) is 18.5 Å². The number of nitrogens with zero attached hydrogens (tertiary/aromatic N) is 3. The van der Waals surface area contributed by atoms with Crippen molar-refractivity contribution in [1.29, 1.82) is 0 Å². The van der Waals surface area contributed by atoms with Crippen molar-refractivity contribution in [2.24, 2.45) is 5.92 Å². The molecule has 1 aliphatic rings. The van der Waals surface area contributed by atoms with Crippen LogP contribution in [0.25, 0.3) is 6.08 Å². The van der Waals surface area contributed by atoms with Crippen LogP contribution >= 0.6 is 0 Å². The van der Waals surface area contributed by atoms with Crippen LogP contribution in [0.3, 0.4) is 0 Å². The first-order valence-electron chi connectivity index (χ1n) is 12.1. The Bertz CT molecular complexity index is 1160. The van der Waals surface area contributed by atoms with Crippen LogP contribution in [0.4, 0.5) is 0 Å². The molecule has 4 rings (SSSR count). The number of rotatable bonds is 8. The molecule has 0 atom stereocenters. The molecule has 0 aliphatic carbocycles. The van der Waals surface area contributed by atoms with Crippen molar-refractivity contribution in [3.63, 3.8) is 0 Å². The van der Waals surface area contributed by atoms with E-state index in [0.717, 1.165) is 24.0 Å². The summed E-state index contributed by atoms with van der Waals surface area (Å²) in [6.45, 7) is 9.24. The van der Waals surface area contributed by atoms with Gasteiger partial charge in [0.05, 0.1) is 18.3 Å². The standard InChI is InChI=1S/C29H33N3O2/c1-4-26-30-25-20-31(27(33)17-11-12-21(2)3)19-18-24(25)29(34)32(26)28(22-13-7-5-8-14-22)23-15-9-6-10-16-23/h4-10,13-16,21,28H,1,11-12,17-20H2,2-3H3. The lowest BCUT2D eigenvalue weighted by atomic mass is 9.97. The minimum atomic E-state index is -0.309. The molecule has 2 aromatic carbocycles. The third-order valence-corrected chi connectivity index (χ3v) is 6.49. The highest BCUT2D eigenvalue weighted by Crippen LogP contribution is 2.28. The minimum absolute atomic E-state index is 0.0514. The van der Waals surface area contributed by atoms with Crippen molar-refractivity contribution >= 4 is 12.0 Å². The van der Waals surface area contributed by atoms with Crippen LogP contribution in [0, 0.1) is 5.92 Å². The smallest absolute Gasteiger partial charge is 0.258 e. The predicted octanol–water partition coefficient (Wildman–Crippen LogP) is 5.24. The SMILES string of the molecule is C=Cc1nc2c(c(=O)n1C(c1ccccc1)c1ccccc1)CCN(C(=O)CCCC(C)C)C2. The summed E-state index contributed by atoms with van der Waals surface area (Å²) in [6.07, 6.45) is 4.64. The lowest BCUT2D eigenvalue weighted by molar-refractivity contribution is -0.132. The van der Waals surface area contributed by atoms with E-state index in [4.69, 9.17) is 4.98 Å². The second kappa shape index (κ2) is 10.6. The van der Waals surface area contributed by atoms with Crippen molar-refractivity contribution in [2.75, 3.05) is 6.54 Å². The third-order valence-electron chi connectivity index (χ3n) is 6.49. The van der Waals surface area contributed by atoms with E-state index in [1.807, 2.05) is 65.6 Å².